The molecule has 1 rings (SSSR count). The lowest BCUT2D eigenvalue weighted by Gasteiger charge is -2.35. The summed E-state index contributed by atoms with van der Waals surface area (Å²) in [4.78, 5) is 13.8. The molecule has 130 valence electrons. The Balaban J connectivity index is 2.22. The van der Waals surface area contributed by atoms with Crippen LogP contribution >= 0.6 is 0 Å². The SMILES string of the molecule is CNCCCCOC1CCC(N(C)C(=O)OC(C)(C)C)CC1. The molecule has 0 aromatic heterocycles. The van der Waals surface area contributed by atoms with Gasteiger partial charge in [-0.05, 0) is 72.9 Å². The van der Waals surface area contributed by atoms with E-state index in [0.29, 0.717) is 6.10 Å². The van der Waals surface area contributed by atoms with E-state index in [1.165, 1.54) is 0 Å². The predicted octanol–water partition coefficient (Wildman–Crippen LogP) is 3.18. The molecule has 0 aromatic carbocycles. The number of nitrogens with one attached hydrogen (secondary N) is 1. The highest BCUT2D eigenvalue weighted by Crippen LogP contribution is 2.25. The monoisotopic (exact) mass is 314 g/mol. The lowest BCUT2D eigenvalue weighted by molar-refractivity contribution is -0.00570. The topological polar surface area (TPSA) is 50.8 Å². The molecule has 1 aliphatic rings. The number of ether oxygens (including phenoxy) is 2. The Kier molecular flexibility index (Phi) is 8.18. The largest absolute Gasteiger partial charge is 0.444 e. The van der Waals surface area contributed by atoms with Crippen LogP contribution in [-0.2, 0) is 9.47 Å². The van der Waals surface area contributed by atoms with E-state index in [1.54, 1.807) is 4.90 Å². The summed E-state index contributed by atoms with van der Waals surface area (Å²) in [6.07, 6.45) is 6.47. The van der Waals surface area contributed by atoms with E-state index in [0.717, 1.165) is 51.7 Å². The third kappa shape index (κ3) is 7.45. The Morgan fingerprint density at radius 3 is 2.36 bits per heavy atom. The van der Waals surface area contributed by atoms with Gasteiger partial charge in [-0.2, -0.15) is 0 Å². The molecule has 0 heterocycles. The van der Waals surface area contributed by atoms with Crippen molar-refractivity contribution in [2.45, 2.75) is 77.0 Å². The van der Waals surface area contributed by atoms with Gasteiger partial charge in [0.15, 0.2) is 0 Å². The van der Waals surface area contributed by atoms with Gasteiger partial charge in [0.25, 0.3) is 0 Å². The highest BCUT2D eigenvalue weighted by molar-refractivity contribution is 5.68. The van der Waals surface area contributed by atoms with Gasteiger partial charge in [-0.1, -0.05) is 0 Å². The average Bonchev–Trinajstić information content (AvgIpc) is 2.45. The van der Waals surface area contributed by atoms with E-state index < -0.39 is 5.60 Å². The van der Waals surface area contributed by atoms with Crippen molar-refractivity contribution in [3.05, 3.63) is 0 Å². The zero-order chi connectivity index (χ0) is 16.6. The molecule has 1 N–H and O–H groups in total. The Morgan fingerprint density at radius 1 is 1.18 bits per heavy atom. The first-order valence-electron chi connectivity index (χ1n) is 8.55. The van der Waals surface area contributed by atoms with Crippen molar-refractivity contribution in [2.75, 3.05) is 27.2 Å². The van der Waals surface area contributed by atoms with Gasteiger partial charge in [0.2, 0.25) is 0 Å². The van der Waals surface area contributed by atoms with Gasteiger partial charge in [0.1, 0.15) is 5.60 Å². The second kappa shape index (κ2) is 9.36. The first-order chi connectivity index (χ1) is 10.3. The van der Waals surface area contributed by atoms with Crippen LogP contribution < -0.4 is 5.32 Å². The van der Waals surface area contributed by atoms with Crippen LogP contribution in [0.25, 0.3) is 0 Å². The molecular weight excluding hydrogens is 280 g/mol. The highest BCUT2D eigenvalue weighted by Gasteiger charge is 2.29. The van der Waals surface area contributed by atoms with Gasteiger partial charge < -0.3 is 19.7 Å². The Bertz CT molecular complexity index is 320. The van der Waals surface area contributed by atoms with Crippen LogP contribution in [0.15, 0.2) is 0 Å². The van der Waals surface area contributed by atoms with E-state index in [-0.39, 0.29) is 12.1 Å². The molecule has 0 radical (unpaired) electrons. The molecule has 0 saturated heterocycles. The van der Waals surface area contributed by atoms with Gasteiger partial charge in [-0.15, -0.1) is 0 Å². The zero-order valence-corrected chi connectivity index (χ0v) is 15.0. The maximum Gasteiger partial charge on any atom is 0.410 e. The van der Waals surface area contributed by atoms with E-state index in [2.05, 4.69) is 5.32 Å². The van der Waals surface area contributed by atoms with Crippen molar-refractivity contribution in [3.63, 3.8) is 0 Å². The molecule has 22 heavy (non-hydrogen) atoms. The fourth-order valence-electron chi connectivity index (χ4n) is 2.74. The smallest absolute Gasteiger partial charge is 0.410 e. The van der Waals surface area contributed by atoms with Gasteiger partial charge in [0, 0.05) is 19.7 Å². The second-order valence-corrected chi connectivity index (χ2v) is 7.20. The molecule has 0 spiro atoms. The zero-order valence-electron chi connectivity index (χ0n) is 15.0. The Labute approximate surface area is 135 Å². The van der Waals surface area contributed by atoms with Crippen molar-refractivity contribution < 1.29 is 14.3 Å². The van der Waals surface area contributed by atoms with Gasteiger partial charge in [0.05, 0.1) is 6.10 Å². The van der Waals surface area contributed by atoms with Crippen molar-refractivity contribution >= 4 is 6.09 Å². The first-order valence-corrected chi connectivity index (χ1v) is 8.55. The van der Waals surface area contributed by atoms with E-state index in [9.17, 15) is 4.79 Å². The number of hydrogen-bond acceptors (Lipinski definition) is 4. The fourth-order valence-corrected chi connectivity index (χ4v) is 2.74. The molecule has 1 amide bonds. The molecule has 1 fully saturated rings. The van der Waals surface area contributed by atoms with Crippen LogP contribution in [0, 0.1) is 0 Å². The minimum atomic E-state index is -0.432. The van der Waals surface area contributed by atoms with Crippen LogP contribution in [0.3, 0.4) is 0 Å². The minimum Gasteiger partial charge on any atom is -0.444 e. The number of hydrogen-bond donors (Lipinski definition) is 1. The van der Waals surface area contributed by atoms with Crippen LogP contribution in [0.4, 0.5) is 4.79 Å². The maximum atomic E-state index is 12.1. The van der Waals surface area contributed by atoms with E-state index in [1.807, 2.05) is 34.9 Å². The summed E-state index contributed by atoms with van der Waals surface area (Å²) in [7, 11) is 3.82. The van der Waals surface area contributed by atoms with Crippen molar-refractivity contribution in [1.29, 1.82) is 0 Å². The lowest BCUT2D eigenvalue weighted by Crippen LogP contribution is -2.43. The molecule has 0 atom stereocenters. The Morgan fingerprint density at radius 2 is 1.82 bits per heavy atom. The van der Waals surface area contributed by atoms with Gasteiger partial charge >= 0.3 is 6.09 Å². The average molecular weight is 314 g/mol. The number of unbranched alkanes of at least 4 members (excludes halogenated alkanes) is 1. The quantitative estimate of drug-likeness (QED) is 0.733. The number of amides is 1. The normalized spacial score (nSPS) is 22.4. The molecule has 1 aliphatic carbocycles. The number of nitrogens with zero attached hydrogens (tertiary/aromatic N) is 1. The van der Waals surface area contributed by atoms with Crippen LogP contribution in [0.1, 0.15) is 59.3 Å². The van der Waals surface area contributed by atoms with Crippen LogP contribution in [0.2, 0.25) is 0 Å². The maximum absolute atomic E-state index is 12.1. The van der Waals surface area contributed by atoms with Crippen LogP contribution in [0.5, 0.6) is 0 Å². The number of rotatable bonds is 7. The molecular formula is C17H34N2O3. The van der Waals surface area contributed by atoms with Crippen molar-refractivity contribution in [3.8, 4) is 0 Å². The standard InChI is InChI=1S/C17H34N2O3/c1-17(2,3)22-16(20)19(5)14-8-10-15(11-9-14)21-13-7-6-12-18-4/h14-15,18H,6-13H2,1-5H3. The molecule has 0 bridgehead atoms. The summed E-state index contributed by atoms with van der Waals surface area (Å²) in [5.74, 6) is 0. The fraction of sp³-hybridized carbons (Fsp3) is 0.941. The molecule has 1 saturated carbocycles. The summed E-state index contributed by atoms with van der Waals surface area (Å²) in [5, 5.41) is 3.15. The summed E-state index contributed by atoms with van der Waals surface area (Å²) in [6, 6.07) is 0.277. The van der Waals surface area contributed by atoms with Crippen molar-refractivity contribution in [1.82, 2.24) is 10.2 Å². The number of carbonyl (C=O) groups is 1. The summed E-state index contributed by atoms with van der Waals surface area (Å²) in [5.41, 5.74) is -0.432. The van der Waals surface area contributed by atoms with E-state index in [4.69, 9.17) is 9.47 Å². The minimum absolute atomic E-state index is 0.219. The third-order valence-electron chi connectivity index (χ3n) is 4.05. The first kappa shape index (κ1) is 19.2. The number of carbonyl (C=O) groups excluding carboxylic acids is 1. The summed E-state index contributed by atoms with van der Waals surface area (Å²) in [6.45, 7) is 7.60. The van der Waals surface area contributed by atoms with Gasteiger partial charge in [-0.25, -0.2) is 4.79 Å². The predicted molar refractivity (Wildman–Crippen MR) is 89.2 cm³/mol. The molecule has 0 aliphatic heterocycles. The molecule has 0 aromatic rings. The molecule has 5 heteroatoms. The second-order valence-electron chi connectivity index (χ2n) is 7.20. The van der Waals surface area contributed by atoms with Crippen LogP contribution in [-0.4, -0.2) is 56.0 Å². The lowest BCUT2D eigenvalue weighted by atomic mass is 9.92. The Hall–Kier alpha value is -0.810. The van der Waals surface area contributed by atoms with Crippen molar-refractivity contribution in [2.24, 2.45) is 0 Å². The molecule has 5 nitrogen and oxygen atoms in total. The van der Waals surface area contributed by atoms with Gasteiger partial charge in [-0.3, -0.25) is 0 Å². The van der Waals surface area contributed by atoms with E-state index >= 15 is 0 Å². The summed E-state index contributed by atoms with van der Waals surface area (Å²) < 4.78 is 11.4. The highest BCUT2D eigenvalue weighted by atomic mass is 16.6. The summed E-state index contributed by atoms with van der Waals surface area (Å²) >= 11 is 0. The molecule has 0 unspecified atom stereocenters. The third-order valence-corrected chi connectivity index (χ3v) is 4.05.